The van der Waals surface area contributed by atoms with Gasteiger partial charge in [-0.2, -0.15) is 13.2 Å². The molecule has 1 fully saturated rings. The van der Waals surface area contributed by atoms with Crippen LogP contribution in [0.5, 0.6) is 0 Å². The highest BCUT2D eigenvalue weighted by molar-refractivity contribution is 5.90. The molecule has 1 aromatic heterocycles. The Kier molecular flexibility index (Phi) is 13.5. The average molecular weight is 667 g/mol. The second kappa shape index (κ2) is 18.0. The van der Waals surface area contributed by atoms with Crippen LogP contribution in [0.2, 0.25) is 0 Å². The van der Waals surface area contributed by atoms with Gasteiger partial charge in [-0.05, 0) is 54.0 Å². The molecule has 1 heterocycles. The second-order valence-electron chi connectivity index (χ2n) is 12.0. The molecule has 2 atom stereocenters. The van der Waals surface area contributed by atoms with Crippen LogP contribution < -0.4 is 16.0 Å². The van der Waals surface area contributed by atoms with Gasteiger partial charge in [0.25, 0.3) is 0 Å². The summed E-state index contributed by atoms with van der Waals surface area (Å²) < 4.78 is 42.5. The number of pyridine rings is 1. The number of aromatic nitrogens is 1. The lowest BCUT2D eigenvalue weighted by Crippen LogP contribution is -2.49. The van der Waals surface area contributed by atoms with Crippen molar-refractivity contribution in [1.29, 1.82) is 0 Å². The number of ether oxygens (including phenoxy) is 1. The fourth-order valence-electron chi connectivity index (χ4n) is 5.78. The molecule has 0 aliphatic heterocycles. The second-order valence-corrected chi connectivity index (χ2v) is 12.0. The van der Waals surface area contributed by atoms with Crippen LogP contribution in [0.3, 0.4) is 0 Å². The van der Waals surface area contributed by atoms with E-state index in [9.17, 15) is 32.3 Å². The standard InChI is InChI=1S/C36H41F3N4O5/c37-36(38,39)35(47)48-33(45)24-29(28-19-17-27(18-20-28)26-13-5-2-6-14-26)43-34(46)30(23-25-11-3-1-4-12-25)42-32(44)16-8-10-22-41-31-15-7-9-21-40-31/h2,5-7,9,13-15,17-21,25,29-30H,1,3-4,8,10-12,16,22-24H2,(H,40,41)(H,42,44)(H,43,46)/t29?,30-/m0/s1. The lowest BCUT2D eigenvalue weighted by atomic mass is 9.84. The summed E-state index contributed by atoms with van der Waals surface area (Å²) >= 11 is 0. The number of hydrogen-bond acceptors (Lipinski definition) is 7. The molecule has 2 aromatic carbocycles. The molecular formula is C36H41F3N4O5. The fraction of sp³-hybridized carbons (Fsp3) is 0.417. The number of unbranched alkanes of at least 4 members (excludes halogenated alkanes) is 1. The summed E-state index contributed by atoms with van der Waals surface area (Å²) in [5.74, 6) is -4.00. The number of halogens is 3. The third kappa shape index (κ3) is 11.8. The van der Waals surface area contributed by atoms with Crippen molar-refractivity contribution in [3.05, 3.63) is 84.6 Å². The normalized spacial score (nSPS) is 14.7. The van der Waals surface area contributed by atoms with Crippen molar-refractivity contribution in [1.82, 2.24) is 15.6 Å². The van der Waals surface area contributed by atoms with Crippen LogP contribution in [0, 0.1) is 5.92 Å². The first-order valence-corrected chi connectivity index (χ1v) is 16.3. The Labute approximate surface area is 278 Å². The van der Waals surface area contributed by atoms with E-state index in [1.165, 1.54) is 0 Å². The summed E-state index contributed by atoms with van der Waals surface area (Å²) in [6.07, 6.45) is 2.41. The summed E-state index contributed by atoms with van der Waals surface area (Å²) in [5.41, 5.74) is 2.18. The molecule has 1 aliphatic rings. The summed E-state index contributed by atoms with van der Waals surface area (Å²) in [6, 6.07) is 19.8. The van der Waals surface area contributed by atoms with Crippen molar-refractivity contribution >= 4 is 29.6 Å². The first-order chi connectivity index (χ1) is 23.1. The molecule has 0 saturated heterocycles. The molecule has 256 valence electrons. The quantitative estimate of drug-likeness (QED) is 0.0940. The smallest absolute Gasteiger partial charge is 0.386 e. The van der Waals surface area contributed by atoms with E-state index < -0.39 is 42.5 Å². The predicted molar refractivity (Wildman–Crippen MR) is 174 cm³/mol. The highest BCUT2D eigenvalue weighted by Crippen LogP contribution is 2.29. The number of carbonyl (C=O) groups excluding carboxylic acids is 4. The number of rotatable bonds is 15. The molecule has 0 radical (unpaired) electrons. The van der Waals surface area contributed by atoms with E-state index in [0.29, 0.717) is 31.4 Å². The molecule has 12 heteroatoms. The van der Waals surface area contributed by atoms with Crippen LogP contribution in [0.4, 0.5) is 19.0 Å². The van der Waals surface area contributed by atoms with Crippen LogP contribution in [0.15, 0.2) is 79.0 Å². The third-order valence-corrected chi connectivity index (χ3v) is 8.29. The SMILES string of the molecule is O=C(CCCCNc1ccccn1)N[C@@H](CC1CCCCC1)C(=O)NC(CC(=O)OC(=O)C(F)(F)F)c1ccc(-c2ccccc2)cc1. The Hall–Kier alpha value is -4.74. The van der Waals surface area contributed by atoms with Crippen molar-refractivity contribution in [2.75, 3.05) is 11.9 Å². The minimum absolute atomic E-state index is 0.189. The molecule has 48 heavy (non-hydrogen) atoms. The van der Waals surface area contributed by atoms with Crippen LogP contribution in [0.25, 0.3) is 11.1 Å². The number of amides is 2. The van der Waals surface area contributed by atoms with Gasteiger partial charge in [-0.15, -0.1) is 0 Å². The maximum Gasteiger partial charge on any atom is 0.491 e. The number of hydrogen-bond donors (Lipinski definition) is 3. The lowest BCUT2D eigenvalue weighted by molar-refractivity contribution is -0.202. The molecule has 0 spiro atoms. The zero-order valence-corrected chi connectivity index (χ0v) is 26.6. The largest absolute Gasteiger partial charge is 0.491 e. The first kappa shape index (κ1) is 36.1. The number of nitrogens with one attached hydrogen (secondary N) is 3. The van der Waals surface area contributed by atoms with E-state index >= 15 is 0 Å². The van der Waals surface area contributed by atoms with Crippen LogP contribution in [-0.2, 0) is 23.9 Å². The minimum atomic E-state index is -5.35. The van der Waals surface area contributed by atoms with E-state index in [1.54, 1.807) is 30.5 Å². The van der Waals surface area contributed by atoms with Crippen molar-refractivity contribution < 1.29 is 37.1 Å². The number of anilines is 1. The lowest BCUT2D eigenvalue weighted by Gasteiger charge is -2.28. The molecule has 2 amide bonds. The Morgan fingerprint density at radius 3 is 2.19 bits per heavy atom. The molecule has 3 N–H and O–H groups in total. The van der Waals surface area contributed by atoms with Gasteiger partial charge in [-0.3, -0.25) is 14.4 Å². The average Bonchev–Trinajstić information content (AvgIpc) is 3.08. The summed E-state index contributed by atoms with van der Waals surface area (Å²) in [4.78, 5) is 54.9. The Morgan fingerprint density at radius 1 is 0.833 bits per heavy atom. The van der Waals surface area contributed by atoms with Crippen molar-refractivity contribution in [3.8, 4) is 11.1 Å². The van der Waals surface area contributed by atoms with Gasteiger partial charge in [0.2, 0.25) is 11.8 Å². The fourth-order valence-corrected chi connectivity index (χ4v) is 5.78. The molecule has 1 unspecified atom stereocenters. The highest BCUT2D eigenvalue weighted by Gasteiger charge is 2.42. The summed E-state index contributed by atoms with van der Waals surface area (Å²) in [5, 5.41) is 8.81. The number of nitrogens with zero attached hydrogens (tertiary/aromatic N) is 1. The van der Waals surface area contributed by atoms with E-state index in [4.69, 9.17) is 0 Å². The minimum Gasteiger partial charge on any atom is -0.386 e. The van der Waals surface area contributed by atoms with Gasteiger partial charge < -0.3 is 20.7 Å². The maximum absolute atomic E-state index is 13.8. The van der Waals surface area contributed by atoms with Gasteiger partial charge in [-0.1, -0.05) is 92.8 Å². The van der Waals surface area contributed by atoms with Gasteiger partial charge in [-0.25, -0.2) is 9.78 Å². The van der Waals surface area contributed by atoms with Crippen molar-refractivity contribution in [2.24, 2.45) is 5.92 Å². The first-order valence-electron chi connectivity index (χ1n) is 16.3. The maximum atomic E-state index is 13.8. The molecule has 3 aromatic rings. The number of esters is 2. The summed E-state index contributed by atoms with van der Waals surface area (Å²) in [6.45, 7) is 0.619. The molecule has 0 bridgehead atoms. The molecule has 1 saturated carbocycles. The topological polar surface area (TPSA) is 126 Å². The monoisotopic (exact) mass is 666 g/mol. The van der Waals surface area contributed by atoms with Gasteiger partial charge >= 0.3 is 18.1 Å². The van der Waals surface area contributed by atoms with Crippen molar-refractivity contribution in [2.45, 2.75) is 82.5 Å². The molecule has 4 rings (SSSR count). The van der Waals surface area contributed by atoms with Crippen LogP contribution in [-0.4, -0.2) is 47.5 Å². The Balaban J connectivity index is 1.45. The molecule has 9 nitrogen and oxygen atoms in total. The zero-order chi connectivity index (χ0) is 34.4. The molecule has 1 aliphatic carbocycles. The van der Waals surface area contributed by atoms with E-state index in [1.807, 2.05) is 48.5 Å². The Morgan fingerprint density at radius 2 is 1.52 bits per heavy atom. The van der Waals surface area contributed by atoms with Gasteiger partial charge in [0.15, 0.2) is 0 Å². The van der Waals surface area contributed by atoms with Gasteiger partial charge in [0.1, 0.15) is 11.9 Å². The van der Waals surface area contributed by atoms with E-state index in [0.717, 1.165) is 49.0 Å². The summed E-state index contributed by atoms with van der Waals surface area (Å²) in [7, 11) is 0. The predicted octanol–water partition coefficient (Wildman–Crippen LogP) is 6.67. The number of alkyl halides is 3. The van der Waals surface area contributed by atoms with Crippen LogP contribution >= 0.6 is 0 Å². The Bertz CT molecular complexity index is 1480. The van der Waals surface area contributed by atoms with E-state index in [-0.39, 0.29) is 18.2 Å². The highest BCUT2D eigenvalue weighted by atomic mass is 19.4. The zero-order valence-electron chi connectivity index (χ0n) is 26.6. The van der Waals surface area contributed by atoms with Crippen LogP contribution in [0.1, 0.15) is 75.8 Å². The number of benzene rings is 2. The molecular weight excluding hydrogens is 625 g/mol. The van der Waals surface area contributed by atoms with Crippen molar-refractivity contribution in [3.63, 3.8) is 0 Å². The van der Waals surface area contributed by atoms with Gasteiger partial charge in [0.05, 0.1) is 12.5 Å². The number of carbonyl (C=O) groups is 4. The van der Waals surface area contributed by atoms with Gasteiger partial charge in [0, 0.05) is 19.2 Å². The van der Waals surface area contributed by atoms with E-state index in [2.05, 4.69) is 25.7 Å². The third-order valence-electron chi connectivity index (χ3n) is 8.29.